The van der Waals surface area contributed by atoms with E-state index in [-0.39, 0.29) is 16.3 Å². The zero-order chi connectivity index (χ0) is 19.6. The summed E-state index contributed by atoms with van der Waals surface area (Å²) in [5, 5.41) is 5.44. The second kappa shape index (κ2) is 8.00. The molecule has 0 aliphatic heterocycles. The second-order valence-electron chi connectivity index (χ2n) is 6.31. The highest BCUT2D eigenvalue weighted by Gasteiger charge is 2.24. The molecule has 0 unspecified atom stereocenters. The van der Waals surface area contributed by atoms with Crippen LogP contribution in [0.25, 0.3) is 0 Å². The first-order chi connectivity index (χ1) is 12.9. The van der Waals surface area contributed by atoms with E-state index in [1.807, 2.05) is 0 Å². The summed E-state index contributed by atoms with van der Waals surface area (Å²) in [6, 6.07) is 7.42. The van der Waals surface area contributed by atoms with E-state index in [4.69, 9.17) is 11.6 Å². The first kappa shape index (κ1) is 19.2. The van der Waals surface area contributed by atoms with Gasteiger partial charge in [0, 0.05) is 11.6 Å². The molecule has 0 bridgehead atoms. The topological polar surface area (TPSA) is 58.2 Å². The van der Waals surface area contributed by atoms with Gasteiger partial charge in [-0.25, -0.2) is 13.2 Å². The molecule has 0 radical (unpaired) electrons. The average Bonchev–Trinajstić information content (AvgIpc) is 3.45. The molecule has 2 N–H and O–H groups in total. The van der Waals surface area contributed by atoms with Crippen LogP contribution in [-0.2, 0) is 0 Å². The molecule has 1 fully saturated rings. The smallest absolute Gasteiger partial charge is 0.266 e. The molecule has 8 heteroatoms. The monoisotopic (exact) mass is 396 g/mol. The Morgan fingerprint density at radius 1 is 1.11 bits per heavy atom. The maximum absolute atomic E-state index is 14.2. The standard InChI is InChI=1S/C19H16ClF3N2O2/c20-11-6-7-15(14(8-11)18(26)24-9-10-4-5-10)25-19(27)13-3-1-2-12(16(13)21)17(22)23/h1-3,6-8,10,17H,4-5,9H2,(H,24,26)(H,25,27). The third kappa shape index (κ3) is 4.60. The van der Waals surface area contributed by atoms with Gasteiger partial charge in [0.2, 0.25) is 0 Å². The van der Waals surface area contributed by atoms with Crippen LogP contribution in [0.2, 0.25) is 5.02 Å². The van der Waals surface area contributed by atoms with Crippen molar-refractivity contribution in [2.24, 2.45) is 5.92 Å². The molecule has 0 saturated heterocycles. The van der Waals surface area contributed by atoms with E-state index < -0.39 is 35.2 Å². The van der Waals surface area contributed by atoms with Gasteiger partial charge in [0.15, 0.2) is 0 Å². The molecular formula is C19H16ClF3N2O2. The van der Waals surface area contributed by atoms with E-state index in [2.05, 4.69) is 10.6 Å². The summed E-state index contributed by atoms with van der Waals surface area (Å²) in [5.41, 5.74) is -1.17. The first-order valence-corrected chi connectivity index (χ1v) is 8.70. The SMILES string of the molecule is O=C(NCC1CC1)c1cc(Cl)ccc1NC(=O)c1cccc(C(F)F)c1F. The van der Waals surface area contributed by atoms with E-state index in [0.29, 0.717) is 12.5 Å². The highest BCUT2D eigenvalue weighted by Crippen LogP contribution is 2.28. The van der Waals surface area contributed by atoms with Crippen molar-refractivity contribution in [1.29, 1.82) is 0 Å². The van der Waals surface area contributed by atoms with Crippen molar-refractivity contribution in [3.63, 3.8) is 0 Å². The minimum atomic E-state index is -3.04. The maximum Gasteiger partial charge on any atom is 0.266 e. The Morgan fingerprint density at radius 2 is 1.85 bits per heavy atom. The highest BCUT2D eigenvalue weighted by molar-refractivity contribution is 6.31. The van der Waals surface area contributed by atoms with Crippen molar-refractivity contribution in [2.75, 3.05) is 11.9 Å². The van der Waals surface area contributed by atoms with E-state index in [1.54, 1.807) is 0 Å². The molecule has 27 heavy (non-hydrogen) atoms. The van der Waals surface area contributed by atoms with Gasteiger partial charge in [0.25, 0.3) is 18.2 Å². The number of amides is 2. The van der Waals surface area contributed by atoms with Crippen molar-refractivity contribution < 1.29 is 22.8 Å². The zero-order valence-corrected chi connectivity index (χ0v) is 14.8. The molecular weight excluding hydrogens is 381 g/mol. The molecule has 1 saturated carbocycles. The number of hydrogen-bond acceptors (Lipinski definition) is 2. The van der Waals surface area contributed by atoms with Gasteiger partial charge >= 0.3 is 0 Å². The number of benzene rings is 2. The van der Waals surface area contributed by atoms with Crippen molar-refractivity contribution in [3.8, 4) is 0 Å². The summed E-state index contributed by atoms with van der Waals surface area (Å²) in [6.07, 6.45) is -0.935. The third-order valence-corrected chi connectivity index (χ3v) is 4.47. The summed E-state index contributed by atoms with van der Waals surface area (Å²) in [4.78, 5) is 24.8. The summed E-state index contributed by atoms with van der Waals surface area (Å²) in [6.45, 7) is 0.518. The van der Waals surface area contributed by atoms with Crippen LogP contribution in [0, 0.1) is 11.7 Å². The van der Waals surface area contributed by atoms with Gasteiger partial charge in [0.1, 0.15) is 5.82 Å². The largest absolute Gasteiger partial charge is 0.352 e. The predicted molar refractivity (Wildman–Crippen MR) is 95.8 cm³/mol. The molecule has 0 aromatic heterocycles. The van der Waals surface area contributed by atoms with Crippen molar-refractivity contribution in [3.05, 3.63) is 63.9 Å². The summed E-state index contributed by atoms with van der Waals surface area (Å²) in [5.74, 6) is -2.20. The van der Waals surface area contributed by atoms with E-state index in [0.717, 1.165) is 25.0 Å². The van der Waals surface area contributed by atoms with Crippen LogP contribution in [0.3, 0.4) is 0 Å². The first-order valence-electron chi connectivity index (χ1n) is 8.32. The molecule has 3 rings (SSSR count). The van der Waals surface area contributed by atoms with Crippen LogP contribution in [0.5, 0.6) is 0 Å². The normalized spacial score (nSPS) is 13.5. The minimum absolute atomic E-state index is 0.111. The number of rotatable bonds is 6. The molecule has 0 heterocycles. The van der Waals surface area contributed by atoms with Crippen LogP contribution in [0.15, 0.2) is 36.4 Å². The third-order valence-electron chi connectivity index (χ3n) is 4.23. The molecule has 0 spiro atoms. The number of carbonyl (C=O) groups excluding carboxylic acids is 2. The molecule has 2 aromatic carbocycles. The molecule has 142 valence electrons. The Hall–Kier alpha value is -2.54. The Kier molecular flexibility index (Phi) is 5.70. The number of anilines is 1. The van der Waals surface area contributed by atoms with Crippen LogP contribution < -0.4 is 10.6 Å². The maximum atomic E-state index is 14.2. The van der Waals surface area contributed by atoms with Crippen molar-refractivity contribution in [2.45, 2.75) is 19.3 Å². The lowest BCUT2D eigenvalue weighted by atomic mass is 10.1. The van der Waals surface area contributed by atoms with Crippen LogP contribution in [-0.4, -0.2) is 18.4 Å². The fourth-order valence-electron chi connectivity index (χ4n) is 2.55. The van der Waals surface area contributed by atoms with Gasteiger partial charge in [-0.1, -0.05) is 23.7 Å². The average molecular weight is 397 g/mol. The fourth-order valence-corrected chi connectivity index (χ4v) is 2.72. The summed E-state index contributed by atoms with van der Waals surface area (Å²) >= 11 is 5.93. The van der Waals surface area contributed by atoms with Gasteiger partial charge in [-0.3, -0.25) is 9.59 Å². The predicted octanol–water partition coefficient (Wildman–Crippen LogP) is 4.81. The quantitative estimate of drug-likeness (QED) is 0.736. The van der Waals surface area contributed by atoms with Crippen LogP contribution >= 0.6 is 11.6 Å². The van der Waals surface area contributed by atoms with Crippen molar-refractivity contribution >= 4 is 29.1 Å². The van der Waals surface area contributed by atoms with Gasteiger partial charge in [-0.05, 0) is 43.0 Å². The lowest BCUT2D eigenvalue weighted by Crippen LogP contribution is -2.27. The summed E-state index contributed by atoms with van der Waals surface area (Å²) < 4.78 is 39.8. The molecule has 0 atom stereocenters. The van der Waals surface area contributed by atoms with E-state index >= 15 is 0 Å². The Labute approximate surface area is 158 Å². The molecule has 1 aliphatic rings. The number of halogens is 4. The number of carbonyl (C=O) groups is 2. The lowest BCUT2D eigenvalue weighted by molar-refractivity contribution is 0.0952. The highest BCUT2D eigenvalue weighted by atomic mass is 35.5. The van der Waals surface area contributed by atoms with Gasteiger partial charge in [-0.15, -0.1) is 0 Å². The zero-order valence-electron chi connectivity index (χ0n) is 14.1. The number of alkyl halides is 2. The lowest BCUT2D eigenvalue weighted by Gasteiger charge is -2.13. The molecule has 2 amide bonds. The molecule has 2 aromatic rings. The van der Waals surface area contributed by atoms with E-state index in [1.165, 1.54) is 24.3 Å². The van der Waals surface area contributed by atoms with E-state index in [9.17, 15) is 22.8 Å². The van der Waals surface area contributed by atoms with Gasteiger partial charge in [-0.2, -0.15) is 0 Å². The Bertz CT molecular complexity index is 885. The second-order valence-corrected chi connectivity index (χ2v) is 6.74. The summed E-state index contributed by atoms with van der Waals surface area (Å²) in [7, 11) is 0. The fraction of sp³-hybridized carbons (Fsp3) is 0.263. The van der Waals surface area contributed by atoms with Gasteiger partial charge in [0.05, 0.1) is 22.4 Å². The molecule has 1 aliphatic carbocycles. The van der Waals surface area contributed by atoms with Crippen LogP contribution in [0.1, 0.15) is 45.5 Å². The minimum Gasteiger partial charge on any atom is -0.352 e. The number of hydrogen-bond donors (Lipinski definition) is 2. The Morgan fingerprint density at radius 3 is 2.52 bits per heavy atom. The van der Waals surface area contributed by atoms with Crippen molar-refractivity contribution in [1.82, 2.24) is 5.32 Å². The molecule has 4 nitrogen and oxygen atoms in total. The van der Waals surface area contributed by atoms with Gasteiger partial charge < -0.3 is 10.6 Å². The van der Waals surface area contributed by atoms with Crippen LogP contribution in [0.4, 0.5) is 18.9 Å². The number of nitrogens with one attached hydrogen (secondary N) is 2. The Balaban J connectivity index is 1.83.